The van der Waals surface area contributed by atoms with Gasteiger partial charge in [0.1, 0.15) is 12.1 Å². The van der Waals surface area contributed by atoms with Crippen LogP contribution in [-0.2, 0) is 4.79 Å². The largest absolute Gasteiger partial charge is 0.493 e. The lowest BCUT2D eigenvalue weighted by Crippen LogP contribution is -2.33. The van der Waals surface area contributed by atoms with Crippen molar-refractivity contribution in [1.82, 2.24) is 19.6 Å². The Hall–Kier alpha value is -4.60. The minimum atomic E-state index is -0.485. The molecule has 2 aliphatic rings. The molecular weight excluding hydrogens is 512 g/mol. The van der Waals surface area contributed by atoms with E-state index in [9.17, 15) is 4.79 Å². The summed E-state index contributed by atoms with van der Waals surface area (Å²) >= 11 is 0. The van der Waals surface area contributed by atoms with Crippen molar-refractivity contribution in [2.45, 2.75) is 32.6 Å². The number of methoxy groups -OCH3 is 4. The Morgan fingerprint density at radius 3 is 2.27 bits per heavy atom. The van der Waals surface area contributed by atoms with Gasteiger partial charge in [-0.1, -0.05) is 19.9 Å². The van der Waals surface area contributed by atoms with E-state index in [-0.39, 0.29) is 11.2 Å². The average Bonchev–Trinajstić information content (AvgIpc) is 3.39. The van der Waals surface area contributed by atoms with Crippen LogP contribution in [0.5, 0.6) is 28.9 Å². The molecule has 0 bridgehead atoms. The Bertz CT molecular complexity index is 1690. The summed E-state index contributed by atoms with van der Waals surface area (Å²) in [7, 11) is 6.35. The van der Waals surface area contributed by atoms with Gasteiger partial charge in [0.2, 0.25) is 5.88 Å². The molecule has 3 heterocycles. The molecule has 2 aromatic carbocycles. The first kappa shape index (κ1) is 25.7. The molecule has 1 atom stereocenters. The quantitative estimate of drug-likeness (QED) is 0.333. The highest BCUT2D eigenvalue weighted by Gasteiger charge is 2.44. The Kier molecular flexibility index (Phi) is 6.13. The summed E-state index contributed by atoms with van der Waals surface area (Å²) < 4.78 is 29.9. The van der Waals surface area contributed by atoms with Crippen molar-refractivity contribution in [3.8, 4) is 40.3 Å². The van der Waals surface area contributed by atoms with Gasteiger partial charge >= 0.3 is 0 Å². The van der Waals surface area contributed by atoms with E-state index < -0.39 is 5.92 Å². The van der Waals surface area contributed by atoms with Crippen LogP contribution in [0, 0.1) is 5.41 Å². The zero-order valence-electron chi connectivity index (χ0n) is 23.3. The number of hydrogen-bond acceptors (Lipinski definition) is 9. The summed E-state index contributed by atoms with van der Waals surface area (Å²) in [4.78, 5) is 23.3. The summed E-state index contributed by atoms with van der Waals surface area (Å²) in [6, 6.07) is 11.2. The molecule has 0 saturated carbocycles. The second kappa shape index (κ2) is 9.55. The average molecular weight is 543 g/mol. The molecular formula is C30H30N4O6. The monoisotopic (exact) mass is 542 g/mol. The first-order valence-electron chi connectivity index (χ1n) is 12.9. The molecule has 6 rings (SSSR count). The highest BCUT2D eigenvalue weighted by Crippen LogP contribution is 2.51. The van der Waals surface area contributed by atoms with Gasteiger partial charge in [-0.3, -0.25) is 4.79 Å². The van der Waals surface area contributed by atoms with Crippen LogP contribution in [0.3, 0.4) is 0 Å². The third-order valence-electron chi connectivity index (χ3n) is 7.45. The van der Waals surface area contributed by atoms with Crippen LogP contribution < -0.4 is 23.7 Å². The molecule has 0 spiro atoms. The summed E-state index contributed by atoms with van der Waals surface area (Å²) in [6.45, 7) is 4.15. The molecule has 40 heavy (non-hydrogen) atoms. The molecule has 0 fully saturated rings. The summed E-state index contributed by atoms with van der Waals surface area (Å²) in [6.07, 6.45) is 2.61. The highest BCUT2D eigenvalue weighted by atomic mass is 16.5. The second-order valence-electron chi connectivity index (χ2n) is 10.7. The minimum absolute atomic E-state index is 0.0401. The number of Topliss-reactive ketones (excluding diaryl/α,β-unsaturated/α-hetero) is 1. The Labute approximate surface area is 231 Å². The zero-order valence-corrected chi connectivity index (χ0v) is 23.3. The van der Waals surface area contributed by atoms with Gasteiger partial charge in [-0.2, -0.15) is 0 Å². The van der Waals surface area contributed by atoms with Gasteiger partial charge in [-0.25, -0.2) is 14.5 Å². The number of carbonyl (C=O) groups is 1. The van der Waals surface area contributed by atoms with E-state index in [1.807, 2.05) is 36.4 Å². The van der Waals surface area contributed by atoms with Crippen molar-refractivity contribution in [3.63, 3.8) is 0 Å². The van der Waals surface area contributed by atoms with Gasteiger partial charge in [-0.05, 0) is 41.3 Å². The Balaban J connectivity index is 1.58. The fraction of sp³-hybridized carbons (Fsp3) is 0.333. The van der Waals surface area contributed by atoms with Crippen LogP contribution >= 0.6 is 0 Å². The number of ketones is 1. The van der Waals surface area contributed by atoms with Crippen molar-refractivity contribution >= 4 is 11.4 Å². The molecule has 2 aromatic heterocycles. The smallest absolute Gasteiger partial charge is 0.228 e. The van der Waals surface area contributed by atoms with Crippen molar-refractivity contribution < 1.29 is 28.5 Å². The molecule has 1 aliphatic carbocycles. The standard InChI is InChI=1S/C30H30N4O6/c1-30(2)13-18(35)25-23(14-30)40-29-26(24(25)16-7-9-19(36-3)21(11-16)38-5)28-32-27(33-34(28)15-31-29)17-8-10-20(37-4)22(12-17)39-6/h7-12,15,24H,13-14H2,1-6H3. The van der Waals surface area contributed by atoms with E-state index in [0.29, 0.717) is 70.1 Å². The van der Waals surface area contributed by atoms with Gasteiger partial charge in [0, 0.05) is 24.0 Å². The maximum absolute atomic E-state index is 13.7. The first-order valence-corrected chi connectivity index (χ1v) is 12.9. The van der Waals surface area contributed by atoms with Gasteiger partial charge < -0.3 is 23.7 Å². The lowest BCUT2D eigenvalue weighted by atomic mass is 9.70. The second-order valence-corrected chi connectivity index (χ2v) is 10.7. The molecule has 0 saturated heterocycles. The van der Waals surface area contributed by atoms with Gasteiger partial charge in [0.15, 0.2) is 40.3 Å². The summed E-state index contributed by atoms with van der Waals surface area (Å²) in [5.74, 6) is 3.40. The van der Waals surface area contributed by atoms with Crippen LogP contribution in [0.25, 0.3) is 17.0 Å². The van der Waals surface area contributed by atoms with Crippen molar-refractivity contribution in [2.24, 2.45) is 5.41 Å². The SMILES string of the molecule is COc1ccc(-c2nc3c4c(ncn3n2)OC2=C(C(=O)CC(C)(C)C2)C4c2ccc(OC)c(OC)c2)cc1OC. The minimum Gasteiger partial charge on any atom is -0.493 e. The topological polar surface area (TPSA) is 106 Å². The lowest BCUT2D eigenvalue weighted by Gasteiger charge is -2.37. The third-order valence-corrected chi connectivity index (χ3v) is 7.45. The maximum atomic E-state index is 13.7. The predicted molar refractivity (Wildman–Crippen MR) is 146 cm³/mol. The van der Waals surface area contributed by atoms with Crippen molar-refractivity contribution in [3.05, 3.63) is 65.2 Å². The number of aromatic nitrogens is 4. The van der Waals surface area contributed by atoms with Crippen LogP contribution in [0.15, 0.2) is 54.1 Å². The molecule has 10 nitrogen and oxygen atoms in total. The maximum Gasteiger partial charge on any atom is 0.228 e. The van der Waals surface area contributed by atoms with Gasteiger partial charge in [0.05, 0.1) is 39.9 Å². The van der Waals surface area contributed by atoms with Crippen LogP contribution in [0.1, 0.15) is 43.7 Å². The van der Waals surface area contributed by atoms with E-state index >= 15 is 0 Å². The number of benzene rings is 2. The first-order chi connectivity index (χ1) is 19.3. The van der Waals surface area contributed by atoms with Gasteiger partial charge in [-0.15, -0.1) is 5.10 Å². The summed E-state index contributed by atoms with van der Waals surface area (Å²) in [5, 5.41) is 4.70. The molecule has 0 N–H and O–H groups in total. The van der Waals surface area contributed by atoms with Crippen molar-refractivity contribution in [2.75, 3.05) is 28.4 Å². The highest BCUT2D eigenvalue weighted by molar-refractivity contribution is 6.00. The number of ether oxygens (including phenoxy) is 5. The van der Waals surface area contributed by atoms with Crippen LogP contribution in [-0.4, -0.2) is 53.8 Å². The van der Waals surface area contributed by atoms with Gasteiger partial charge in [0.25, 0.3) is 0 Å². The predicted octanol–water partition coefficient (Wildman–Crippen LogP) is 4.99. The fourth-order valence-electron chi connectivity index (χ4n) is 5.61. The number of nitrogens with zero attached hydrogens (tertiary/aromatic N) is 4. The number of fused-ring (bicyclic) bond motifs is 3. The number of carbonyl (C=O) groups excluding carboxylic acids is 1. The van der Waals surface area contributed by atoms with E-state index in [0.717, 1.165) is 11.1 Å². The normalized spacial score (nSPS) is 17.6. The van der Waals surface area contributed by atoms with E-state index in [1.165, 1.54) is 0 Å². The van der Waals surface area contributed by atoms with E-state index in [2.05, 4.69) is 18.8 Å². The lowest BCUT2D eigenvalue weighted by molar-refractivity contribution is -0.118. The summed E-state index contributed by atoms with van der Waals surface area (Å²) in [5.41, 5.74) is 3.18. The van der Waals surface area contributed by atoms with Crippen molar-refractivity contribution in [1.29, 1.82) is 0 Å². The Morgan fingerprint density at radius 2 is 1.57 bits per heavy atom. The molecule has 0 radical (unpaired) electrons. The van der Waals surface area contributed by atoms with Crippen LogP contribution in [0.4, 0.5) is 0 Å². The Morgan fingerprint density at radius 1 is 0.900 bits per heavy atom. The molecule has 0 amide bonds. The number of rotatable bonds is 6. The third kappa shape index (κ3) is 4.11. The fourth-order valence-corrected chi connectivity index (χ4v) is 5.61. The van der Waals surface area contributed by atoms with E-state index in [1.54, 1.807) is 39.3 Å². The molecule has 4 aromatic rings. The molecule has 1 unspecified atom stereocenters. The molecule has 10 heteroatoms. The van der Waals surface area contributed by atoms with Crippen LogP contribution in [0.2, 0.25) is 0 Å². The number of allylic oxidation sites excluding steroid dienone is 2. The zero-order chi connectivity index (χ0) is 28.2. The number of hydrogen-bond donors (Lipinski definition) is 0. The van der Waals surface area contributed by atoms with E-state index in [4.69, 9.17) is 33.8 Å². The molecule has 206 valence electrons. The molecule has 1 aliphatic heterocycles.